The Morgan fingerprint density at radius 3 is 2.15 bits per heavy atom. The molecule has 0 atom stereocenters. The van der Waals surface area contributed by atoms with Crippen LogP contribution in [-0.2, 0) is 19.9 Å². The van der Waals surface area contributed by atoms with Crippen LogP contribution in [0, 0.1) is 0 Å². The maximum absolute atomic E-state index is 13.3. The number of oxazole rings is 1. The van der Waals surface area contributed by atoms with E-state index in [-0.39, 0.29) is 20.9 Å². The first kappa shape index (κ1) is 21.9. The average Bonchev–Trinajstić information content (AvgIpc) is 3.30. The Bertz CT molecular complexity index is 1730. The number of anilines is 1. The number of nitrogens with zero attached hydrogens (tertiary/aromatic N) is 1. The van der Waals surface area contributed by atoms with Crippen molar-refractivity contribution < 1.29 is 26.0 Å². The molecule has 5 rings (SSSR count). The number of hydrogen-bond donors (Lipinski definition) is 1. The highest BCUT2D eigenvalue weighted by atomic mass is 32.2. The number of hydrogen-bond acceptors (Lipinski definition) is 7. The fourth-order valence-electron chi connectivity index (χ4n) is 3.61. The number of benzene rings is 4. The highest BCUT2D eigenvalue weighted by Crippen LogP contribution is 2.34. The molecule has 8 nitrogen and oxygen atoms in total. The fourth-order valence-corrected chi connectivity index (χ4v) is 6.02. The van der Waals surface area contributed by atoms with Crippen molar-refractivity contribution >= 4 is 47.4 Å². The molecule has 0 unspecified atom stereocenters. The summed E-state index contributed by atoms with van der Waals surface area (Å²) in [7, 11) is -6.57. The number of rotatable bonds is 6. The van der Waals surface area contributed by atoms with Gasteiger partial charge in [0, 0.05) is 22.5 Å². The standard InChI is InChI=1S/C24H18N2O6S2/c1-31-17-13-11-16(12-14-17)26-34(29,30)22-15-21-23(20-10-6-5-9-19(20)22)25-24(32-21)33(27,28)18-7-3-2-4-8-18/h2-15,26H,1H3. The molecule has 172 valence electrons. The molecule has 0 aliphatic carbocycles. The van der Waals surface area contributed by atoms with Gasteiger partial charge in [0.15, 0.2) is 5.58 Å². The Labute approximate surface area is 195 Å². The van der Waals surface area contributed by atoms with E-state index >= 15 is 0 Å². The van der Waals surface area contributed by atoms with Gasteiger partial charge in [0.1, 0.15) is 11.3 Å². The molecule has 5 aromatic rings. The molecule has 0 fully saturated rings. The van der Waals surface area contributed by atoms with Gasteiger partial charge in [-0.05, 0) is 36.4 Å². The van der Waals surface area contributed by atoms with E-state index < -0.39 is 25.1 Å². The van der Waals surface area contributed by atoms with Crippen LogP contribution in [0.15, 0.2) is 104 Å². The van der Waals surface area contributed by atoms with Gasteiger partial charge in [-0.25, -0.2) is 16.8 Å². The lowest BCUT2D eigenvalue weighted by atomic mass is 10.1. The molecule has 0 bridgehead atoms. The minimum Gasteiger partial charge on any atom is -0.497 e. The summed E-state index contributed by atoms with van der Waals surface area (Å²) in [6, 6.07) is 22.2. The lowest BCUT2D eigenvalue weighted by Crippen LogP contribution is -2.13. The molecule has 1 aromatic heterocycles. The van der Waals surface area contributed by atoms with Crippen LogP contribution in [0.4, 0.5) is 5.69 Å². The Morgan fingerprint density at radius 2 is 1.47 bits per heavy atom. The van der Waals surface area contributed by atoms with Crippen LogP contribution in [0.25, 0.3) is 21.9 Å². The van der Waals surface area contributed by atoms with Crippen molar-refractivity contribution in [3.05, 3.63) is 84.9 Å². The van der Waals surface area contributed by atoms with Gasteiger partial charge < -0.3 is 9.15 Å². The fraction of sp³-hybridized carbons (Fsp3) is 0.0417. The van der Waals surface area contributed by atoms with Gasteiger partial charge in [0.05, 0.1) is 16.9 Å². The van der Waals surface area contributed by atoms with Crippen LogP contribution in [-0.4, -0.2) is 28.9 Å². The van der Waals surface area contributed by atoms with E-state index in [2.05, 4.69) is 9.71 Å². The van der Waals surface area contributed by atoms with Crippen molar-refractivity contribution in [2.45, 2.75) is 15.0 Å². The van der Waals surface area contributed by atoms with E-state index in [9.17, 15) is 16.8 Å². The summed E-state index contributed by atoms with van der Waals surface area (Å²) in [4.78, 5) is 4.20. The zero-order valence-corrected chi connectivity index (χ0v) is 19.4. The average molecular weight is 495 g/mol. The Balaban J connectivity index is 1.67. The van der Waals surface area contributed by atoms with Gasteiger partial charge >= 0.3 is 5.22 Å². The first-order valence-electron chi connectivity index (χ1n) is 10.1. The summed E-state index contributed by atoms with van der Waals surface area (Å²) in [6.07, 6.45) is 0. The molecule has 0 amide bonds. The summed E-state index contributed by atoms with van der Waals surface area (Å²) >= 11 is 0. The topological polar surface area (TPSA) is 116 Å². The van der Waals surface area contributed by atoms with E-state index in [4.69, 9.17) is 9.15 Å². The summed E-state index contributed by atoms with van der Waals surface area (Å²) in [5.74, 6) is 0.587. The molecule has 0 radical (unpaired) electrons. The van der Waals surface area contributed by atoms with Gasteiger partial charge in [-0.15, -0.1) is 0 Å². The van der Waals surface area contributed by atoms with E-state index in [1.165, 1.54) is 25.3 Å². The predicted molar refractivity (Wildman–Crippen MR) is 127 cm³/mol. The van der Waals surface area contributed by atoms with Crippen LogP contribution >= 0.6 is 0 Å². The number of ether oxygens (including phenoxy) is 1. The summed E-state index contributed by atoms with van der Waals surface area (Å²) in [6.45, 7) is 0. The SMILES string of the molecule is COc1ccc(NS(=O)(=O)c2cc3oc(S(=O)(=O)c4ccccc4)nc3c3ccccc23)cc1. The lowest BCUT2D eigenvalue weighted by Gasteiger charge is -2.11. The third-order valence-corrected chi connectivity index (χ3v) is 8.21. The molecule has 0 saturated heterocycles. The molecule has 0 saturated carbocycles. The first-order valence-corrected chi connectivity index (χ1v) is 13.1. The zero-order valence-electron chi connectivity index (χ0n) is 17.8. The molecule has 10 heteroatoms. The quantitative estimate of drug-likeness (QED) is 0.366. The normalized spacial score (nSPS) is 12.1. The summed E-state index contributed by atoms with van der Waals surface area (Å²) < 4.78 is 65.9. The van der Waals surface area contributed by atoms with Crippen molar-refractivity contribution in [2.24, 2.45) is 0 Å². The molecular formula is C24H18N2O6S2. The maximum atomic E-state index is 13.3. The van der Waals surface area contributed by atoms with Crippen molar-refractivity contribution in [1.29, 1.82) is 0 Å². The van der Waals surface area contributed by atoms with Gasteiger partial charge in [-0.1, -0.05) is 42.5 Å². The Hall–Kier alpha value is -3.89. The van der Waals surface area contributed by atoms with E-state index in [0.29, 0.717) is 22.2 Å². The number of methoxy groups -OCH3 is 1. The molecule has 1 N–H and O–H groups in total. The number of aromatic nitrogens is 1. The monoisotopic (exact) mass is 494 g/mol. The van der Waals surface area contributed by atoms with E-state index in [1.54, 1.807) is 66.7 Å². The molecular weight excluding hydrogens is 476 g/mol. The second-order valence-electron chi connectivity index (χ2n) is 7.40. The van der Waals surface area contributed by atoms with Crippen molar-refractivity contribution in [1.82, 2.24) is 4.98 Å². The number of nitrogens with one attached hydrogen (secondary N) is 1. The highest BCUT2D eigenvalue weighted by Gasteiger charge is 2.27. The van der Waals surface area contributed by atoms with Gasteiger partial charge in [-0.2, -0.15) is 4.98 Å². The molecule has 0 spiro atoms. The maximum Gasteiger partial charge on any atom is 0.321 e. The Morgan fingerprint density at radius 1 is 0.824 bits per heavy atom. The summed E-state index contributed by atoms with van der Waals surface area (Å²) in [5.41, 5.74) is 0.645. The molecule has 34 heavy (non-hydrogen) atoms. The minimum absolute atomic E-state index is 0.0277. The molecule has 0 aliphatic heterocycles. The molecule has 1 heterocycles. The third-order valence-electron chi connectivity index (χ3n) is 5.26. The first-order chi connectivity index (χ1) is 16.3. The van der Waals surface area contributed by atoms with Crippen LogP contribution in [0.1, 0.15) is 0 Å². The lowest BCUT2D eigenvalue weighted by molar-refractivity contribution is 0.415. The van der Waals surface area contributed by atoms with E-state index in [0.717, 1.165) is 0 Å². The third kappa shape index (κ3) is 3.76. The second kappa shape index (κ2) is 8.15. The number of sulfone groups is 1. The number of fused-ring (bicyclic) bond motifs is 3. The highest BCUT2D eigenvalue weighted by molar-refractivity contribution is 7.93. The van der Waals surface area contributed by atoms with Gasteiger partial charge in [0.25, 0.3) is 19.9 Å². The van der Waals surface area contributed by atoms with Crippen LogP contribution in [0.5, 0.6) is 5.75 Å². The number of sulfonamides is 1. The van der Waals surface area contributed by atoms with Crippen molar-refractivity contribution in [3.8, 4) is 5.75 Å². The molecule has 4 aromatic carbocycles. The second-order valence-corrected chi connectivity index (χ2v) is 10.9. The van der Waals surface area contributed by atoms with Crippen LogP contribution in [0.2, 0.25) is 0 Å². The predicted octanol–water partition coefficient (Wildman–Crippen LogP) is 4.62. The van der Waals surface area contributed by atoms with Gasteiger partial charge in [0.2, 0.25) is 0 Å². The van der Waals surface area contributed by atoms with Crippen molar-refractivity contribution in [2.75, 3.05) is 11.8 Å². The Kier molecular flexibility index (Phi) is 5.26. The smallest absolute Gasteiger partial charge is 0.321 e. The molecule has 0 aliphatic rings. The van der Waals surface area contributed by atoms with Crippen LogP contribution in [0.3, 0.4) is 0 Å². The van der Waals surface area contributed by atoms with Gasteiger partial charge in [-0.3, -0.25) is 4.72 Å². The van der Waals surface area contributed by atoms with E-state index in [1.807, 2.05) is 0 Å². The van der Waals surface area contributed by atoms with Crippen molar-refractivity contribution in [3.63, 3.8) is 0 Å². The van der Waals surface area contributed by atoms with Crippen LogP contribution < -0.4 is 9.46 Å². The zero-order chi connectivity index (χ0) is 23.9. The largest absolute Gasteiger partial charge is 0.497 e. The minimum atomic E-state index is -4.06. The summed E-state index contributed by atoms with van der Waals surface area (Å²) in [5, 5.41) is 0.331.